The van der Waals surface area contributed by atoms with Crippen LogP contribution in [0.1, 0.15) is 46.7 Å². The topological polar surface area (TPSA) is 70.3 Å². The maximum Gasteiger partial charge on any atom is 0.115 e. The molecule has 2 aromatic carbocycles. The van der Waals surface area contributed by atoms with Crippen LogP contribution in [0, 0.1) is 20.8 Å². The molecule has 2 atom stereocenters. The summed E-state index contributed by atoms with van der Waals surface area (Å²) in [6.07, 6.45) is -0.649. The maximum absolute atomic E-state index is 10.6. The number of nitrogens with one attached hydrogen (secondary N) is 1. The largest absolute Gasteiger partial charge is 0.508 e. The molecule has 0 fully saturated rings. The molecule has 0 bridgehead atoms. The molecule has 3 rings (SSSR count). The molecule has 0 spiro atoms. The molecule has 5 heteroatoms. The zero-order valence-electron chi connectivity index (χ0n) is 17.0. The molecule has 0 saturated heterocycles. The molecule has 0 amide bonds. The molecule has 3 aromatic rings. The lowest BCUT2D eigenvalue weighted by Gasteiger charge is -2.21. The Kier molecular flexibility index (Phi) is 6.17. The molecule has 5 nitrogen and oxygen atoms in total. The van der Waals surface area contributed by atoms with E-state index in [1.54, 1.807) is 24.3 Å². The van der Waals surface area contributed by atoms with Crippen LogP contribution in [-0.4, -0.2) is 26.0 Å². The van der Waals surface area contributed by atoms with Crippen LogP contribution in [0.5, 0.6) is 5.75 Å². The zero-order chi connectivity index (χ0) is 20.3. The lowest BCUT2D eigenvalue weighted by Crippen LogP contribution is -2.32. The summed E-state index contributed by atoms with van der Waals surface area (Å²) in [5, 5.41) is 28.1. The Morgan fingerprint density at radius 3 is 2.29 bits per heavy atom. The van der Waals surface area contributed by atoms with Gasteiger partial charge in [-0.25, -0.2) is 0 Å². The Hall–Kier alpha value is -2.63. The maximum atomic E-state index is 10.6. The fraction of sp³-hybridized carbons (Fsp3) is 0.348. The van der Waals surface area contributed by atoms with Gasteiger partial charge in [0.2, 0.25) is 0 Å². The van der Waals surface area contributed by atoms with Gasteiger partial charge in [0.05, 0.1) is 18.3 Å². The van der Waals surface area contributed by atoms with Gasteiger partial charge in [-0.1, -0.05) is 42.0 Å². The van der Waals surface area contributed by atoms with E-state index in [-0.39, 0.29) is 11.8 Å². The predicted octanol–water partition coefficient (Wildman–Crippen LogP) is 3.77. The van der Waals surface area contributed by atoms with E-state index in [1.807, 2.05) is 18.5 Å². The number of phenolic OH excluding ortho intramolecular Hbond substituents is 1. The van der Waals surface area contributed by atoms with E-state index in [4.69, 9.17) is 5.10 Å². The summed E-state index contributed by atoms with van der Waals surface area (Å²) in [5.74, 6) is 0.198. The van der Waals surface area contributed by atoms with E-state index in [9.17, 15) is 10.2 Å². The first-order valence-electron chi connectivity index (χ1n) is 9.64. The molecule has 148 valence electrons. The normalized spacial score (nSPS) is 13.5. The van der Waals surface area contributed by atoms with Gasteiger partial charge >= 0.3 is 0 Å². The van der Waals surface area contributed by atoms with Gasteiger partial charge < -0.3 is 15.5 Å². The van der Waals surface area contributed by atoms with Gasteiger partial charge in [-0.3, -0.25) is 4.68 Å². The molecule has 0 saturated carbocycles. The van der Waals surface area contributed by atoms with Gasteiger partial charge in [0.15, 0.2) is 0 Å². The summed E-state index contributed by atoms with van der Waals surface area (Å²) >= 11 is 0. The van der Waals surface area contributed by atoms with Crippen molar-refractivity contribution in [2.24, 2.45) is 0 Å². The Bertz CT molecular complexity index is 914. The van der Waals surface area contributed by atoms with E-state index in [1.165, 1.54) is 11.1 Å². The van der Waals surface area contributed by atoms with Crippen molar-refractivity contribution in [2.45, 2.75) is 52.9 Å². The highest BCUT2D eigenvalue weighted by Crippen LogP contribution is 2.21. The number of hydrogen-bond acceptors (Lipinski definition) is 4. The first-order chi connectivity index (χ1) is 13.3. The Labute approximate surface area is 166 Å². The van der Waals surface area contributed by atoms with Crippen LogP contribution in [0.15, 0.2) is 48.5 Å². The van der Waals surface area contributed by atoms with E-state index >= 15 is 0 Å². The number of aliphatic hydroxyl groups is 1. The summed E-state index contributed by atoms with van der Waals surface area (Å²) in [7, 11) is 0. The number of phenols is 1. The van der Waals surface area contributed by atoms with E-state index < -0.39 is 6.10 Å². The van der Waals surface area contributed by atoms with Gasteiger partial charge in [0.1, 0.15) is 5.75 Å². The van der Waals surface area contributed by atoms with E-state index in [0.717, 1.165) is 29.1 Å². The first-order valence-corrected chi connectivity index (χ1v) is 9.64. The molecular weight excluding hydrogens is 350 g/mol. The van der Waals surface area contributed by atoms with Crippen LogP contribution in [0.3, 0.4) is 0 Å². The van der Waals surface area contributed by atoms with Gasteiger partial charge in [-0.2, -0.15) is 5.10 Å². The molecule has 0 aliphatic heterocycles. The number of nitrogens with zero attached hydrogens (tertiary/aromatic N) is 2. The standard InChI is InChI=1S/C23H29N3O2/c1-15-5-7-19(8-6-15)14-26-18(4)22(16(2)25-26)13-24-17(3)23(28)20-9-11-21(27)12-10-20/h5-12,17,23-24,27-28H,13-14H2,1-4H3. The van der Waals surface area contributed by atoms with Crippen molar-refractivity contribution in [3.63, 3.8) is 0 Å². The summed E-state index contributed by atoms with van der Waals surface area (Å²) in [6, 6.07) is 15.1. The molecule has 0 aliphatic carbocycles. The number of benzene rings is 2. The van der Waals surface area contributed by atoms with Crippen LogP contribution >= 0.6 is 0 Å². The summed E-state index contributed by atoms with van der Waals surface area (Å²) in [6.45, 7) is 9.55. The Morgan fingerprint density at radius 2 is 1.64 bits per heavy atom. The van der Waals surface area contributed by atoms with Gasteiger partial charge in [0.25, 0.3) is 0 Å². The summed E-state index contributed by atoms with van der Waals surface area (Å²) in [4.78, 5) is 0. The van der Waals surface area contributed by atoms with Gasteiger partial charge in [0, 0.05) is 23.8 Å². The number of hydrogen-bond donors (Lipinski definition) is 3. The predicted molar refractivity (Wildman–Crippen MR) is 111 cm³/mol. The first kappa shape index (κ1) is 20.1. The SMILES string of the molecule is Cc1ccc(Cn2nc(C)c(CNC(C)C(O)c3ccc(O)cc3)c2C)cc1. The van der Waals surface area contributed by atoms with E-state index in [0.29, 0.717) is 6.54 Å². The molecule has 3 N–H and O–H groups in total. The molecular formula is C23H29N3O2. The van der Waals surface area contributed by atoms with Crippen molar-refractivity contribution in [3.05, 3.63) is 82.2 Å². The summed E-state index contributed by atoms with van der Waals surface area (Å²) < 4.78 is 2.04. The van der Waals surface area contributed by atoms with Crippen molar-refractivity contribution in [2.75, 3.05) is 0 Å². The molecule has 0 aliphatic rings. The highest BCUT2D eigenvalue weighted by Gasteiger charge is 2.18. The lowest BCUT2D eigenvalue weighted by molar-refractivity contribution is 0.135. The average Bonchev–Trinajstić information content (AvgIpc) is 2.94. The highest BCUT2D eigenvalue weighted by molar-refractivity contribution is 5.29. The number of aliphatic hydroxyl groups excluding tert-OH is 1. The third-order valence-corrected chi connectivity index (χ3v) is 5.29. The summed E-state index contributed by atoms with van der Waals surface area (Å²) in [5.41, 5.74) is 6.56. The average molecular weight is 380 g/mol. The lowest BCUT2D eigenvalue weighted by atomic mass is 10.0. The van der Waals surface area contributed by atoms with Crippen LogP contribution < -0.4 is 5.32 Å². The van der Waals surface area contributed by atoms with Gasteiger partial charge in [-0.15, -0.1) is 0 Å². The van der Waals surface area contributed by atoms with Crippen molar-refractivity contribution in [1.82, 2.24) is 15.1 Å². The van der Waals surface area contributed by atoms with Crippen molar-refractivity contribution in [3.8, 4) is 5.75 Å². The second-order valence-corrected chi connectivity index (χ2v) is 7.50. The van der Waals surface area contributed by atoms with Crippen molar-refractivity contribution < 1.29 is 10.2 Å². The third-order valence-electron chi connectivity index (χ3n) is 5.29. The number of rotatable bonds is 7. The number of aromatic hydroxyl groups is 1. The van der Waals surface area contributed by atoms with Crippen LogP contribution in [-0.2, 0) is 13.1 Å². The van der Waals surface area contributed by atoms with Crippen LogP contribution in [0.2, 0.25) is 0 Å². The highest BCUT2D eigenvalue weighted by atomic mass is 16.3. The molecule has 1 aromatic heterocycles. The molecule has 1 heterocycles. The fourth-order valence-electron chi connectivity index (χ4n) is 3.35. The second-order valence-electron chi connectivity index (χ2n) is 7.50. The fourth-order valence-corrected chi connectivity index (χ4v) is 3.35. The molecule has 0 radical (unpaired) electrons. The minimum atomic E-state index is -0.649. The smallest absolute Gasteiger partial charge is 0.115 e. The molecule has 2 unspecified atom stereocenters. The quantitative estimate of drug-likeness (QED) is 0.584. The van der Waals surface area contributed by atoms with Crippen LogP contribution in [0.4, 0.5) is 0 Å². The van der Waals surface area contributed by atoms with Crippen molar-refractivity contribution >= 4 is 0 Å². The monoisotopic (exact) mass is 379 g/mol. The zero-order valence-corrected chi connectivity index (χ0v) is 17.0. The third kappa shape index (κ3) is 4.61. The number of aromatic nitrogens is 2. The minimum Gasteiger partial charge on any atom is -0.508 e. The molecule has 28 heavy (non-hydrogen) atoms. The minimum absolute atomic E-state index is 0.135. The van der Waals surface area contributed by atoms with Crippen LogP contribution in [0.25, 0.3) is 0 Å². The van der Waals surface area contributed by atoms with E-state index in [2.05, 4.69) is 43.4 Å². The Balaban J connectivity index is 1.66. The Morgan fingerprint density at radius 1 is 1.00 bits per heavy atom. The van der Waals surface area contributed by atoms with Crippen molar-refractivity contribution in [1.29, 1.82) is 0 Å². The van der Waals surface area contributed by atoms with Gasteiger partial charge in [-0.05, 0) is 51.0 Å². The second kappa shape index (κ2) is 8.59. The number of aryl methyl sites for hydroxylation is 2.